The molecule has 0 radical (unpaired) electrons. The number of thiophene rings is 1. The SMILES string of the molecule is N#Cc1ccc(C(=O)N(Cc2ccsc2)Cc2ccco2)cc1. The highest BCUT2D eigenvalue weighted by atomic mass is 32.1. The van der Waals surface area contributed by atoms with E-state index in [9.17, 15) is 4.79 Å². The Balaban J connectivity index is 1.83. The molecule has 0 atom stereocenters. The summed E-state index contributed by atoms with van der Waals surface area (Å²) in [5.74, 6) is 0.652. The van der Waals surface area contributed by atoms with Crippen molar-refractivity contribution in [3.63, 3.8) is 0 Å². The Morgan fingerprint density at radius 2 is 2.00 bits per heavy atom. The van der Waals surface area contributed by atoms with Crippen LogP contribution in [0.3, 0.4) is 0 Å². The van der Waals surface area contributed by atoms with Gasteiger partial charge in [0.1, 0.15) is 5.76 Å². The number of carbonyl (C=O) groups excluding carboxylic acids is 1. The normalized spacial score (nSPS) is 10.2. The predicted octanol–water partition coefficient (Wildman–Crippen LogP) is 4.06. The summed E-state index contributed by atoms with van der Waals surface area (Å²) in [5.41, 5.74) is 2.19. The minimum atomic E-state index is -0.0860. The van der Waals surface area contributed by atoms with Crippen LogP contribution in [0.1, 0.15) is 27.2 Å². The molecule has 1 amide bonds. The molecule has 0 aliphatic carbocycles. The first kappa shape index (κ1) is 15.1. The van der Waals surface area contributed by atoms with Gasteiger partial charge < -0.3 is 9.32 Å². The van der Waals surface area contributed by atoms with Gasteiger partial charge in [-0.2, -0.15) is 16.6 Å². The summed E-state index contributed by atoms with van der Waals surface area (Å²) in [6.07, 6.45) is 1.60. The van der Waals surface area contributed by atoms with E-state index in [0.717, 1.165) is 11.3 Å². The number of nitrogens with zero attached hydrogens (tertiary/aromatic N) is 2. The van der Waals surface area contributed by atoms with Crippen LogP contribution in [0, 0.1) is 11.3 Å². The summed E-state index contributed by atoms with van der Waals surface area (Å²) in [6, 6.07) is 14.4. The Hall–Kier alpha value is -2.84. The molecule has 23 heavy (non-hydrogen) atoms. The molecule has 0 unspecified atom stereocenters. The zero-order chi connectivity index (χ0) is 16.1. The lowest BCUT2D eigenvalue weighted by Gasteiger charge is -2.21. The summed E-state index contributed by atoms with van der Waals surface area (Å²) in [6.45, 7) is 0.921. The van der Waals surface area contributed by atoms with Crippen LogP contribution < -0.4 is 0 Å². The summed E-state index contributed by atoms with van der Waals surface area (Å²) < 4.78 is 5.37. The third kappa shape index (κ3) is 3.68. The fraction of sp³-hybridized carbons (Fsp3) is 0.111. The monoisotopic (exact) mass is 322 g/mol. The molecule has 0 saturated carbocycles. The van der Waals surface area contributed by atoms with E-state index in [1.54, 1.807) is 46.8 Å². The Morgan fingerprint density at radius 1 is 1.17 bits per heavy atom. The molecule has 4 nitrogen and oxygen atoms in total. The van der Waals surface area contributed by atoms with Gasteiger partial charge in [-0.25, -0.2) is 0 Å². The number of rotatable bonds is 5. The Bertz CT molecular complexity index is 764. The lowest BCUT2D eigenvalue weighted by molar-refractivity contribution is 0.0718. The van der Waals surface area contributed by atoms with Gasteiger partial charge in [0.05, 0.1) is 24.4 Å². The van der Waals surface area contributed by atoms with E-state index >= 15 is 0 Å². The summed E-state index contributed by atoms with van der Waals surface area (Å²) in [4.78, 5) is 14.5. The van der Waals surface area contributed by atoms with Crippen molar-refractivity contribution in [2.45, 2.75) is 13.1 Å². The van der Waals surface area contributed by atoms with Crippen LogP contribution in [0.5, 0.6) is 0 Å². The number of furan rings is 1. The maximum absolute atomic E-state index is 12.8. The van der Waals surface area contributed by atoms with Crippen LogP contribution in [0.15, 0.2) is 63.9 Å². The van der Waals surface area contributed by atoms with Gasteiger partial charge in [0.25, 0.3) is 5.91 Å². The quantitative estimate of drug-likeness (QED) is 0.712. The van der Waals surface area contributed by atoms with Gasteiger partial charge >= 0.3 is 0 Å². The predicted molar refractivity (Wildman–Crippen MR) is 87.8 cm³/mol. The van der Waals surface area contributed by atoms with E-state index in [2.05, 4.69) is 6.07 Å². The van der Waals surface area contributed by atoms with Crippen LogP contribution in [0.2, 0.25) is 0 Å². The van der Waals surface area contributed by atoms with Crippen molar-refractivity contribution in [2.24, 2.45) is 0 Å². The molecule has 0 aliphatic heterocycles. The minimum absolute atomic E-state index is 0.0860. The zero-order valence-electron chi connectivity index (χ0n) is 12.3. The van der Waals surface area contributed by atoms with E-state index < -0.39 is 0 Å². The summed E-state index contributed by atoms with van der Waals surface area (Å²) in [5, 5.41) is 12.9. The average Bonchev–Trinajstić information content (AvgIpc) is 3.27. The molecule has 5 heteroatoms. The fourth-order valence-electron chi connectivity index (χ4n) is 2.26. The molecule has 2 heterocycles. The maximum Gasteiger partial charge on any atom is 0.254 e. The third-order valence-electron chi connectivity index (χ3n) is 3.43. The largest absolute Gasteiger partial charge is 0.467 e. The molecule has 0 saturated heterocycles. The molecule has 0 fully saturated rings. The molecule has 3 aromatic rings. The summed E-state index contributed by atoms with van der Waals surface area (Å²) in [7, 11) is 0. The third-order valence-corrected chi connectivity index (χ3v) is 4.16. The number of hydrogen-bond donors (Lipinski definition) is 0. The van der Waals surface area contributed by atoms with E-state index in [0.29, 0.717) is 24.2 Å². The molecule has 0 spiro atoms. The van der Waals surface area contributed by atoms with Crippen molar-refractivity contribution in [3.8, 4) is 6.07 Å². The molecule has 2 aromatic heterocycles. The highest BCUT2D eigenvalue weighted by molar-refractivity contribution is 7.07. The molecular weight excluding hydrogens is 308 g/mol. The van der Waals surface area contributed by atoms with Crippen molar-refractivity contribution in [1.29, 1.82) is 5.26 Å². The van der Waals surface area contributed by atoms with Crippen LogP contribution in [-0.2, 0) is 13.1 Å². The van der Waals surface area contributed by atoms with Gasteiger partial charge in [-0.05, 0) is 58.8 Å². The van der Waals surface area contributed by atoms with E-state index in [-0.39, 0.29) is 5.91 Å². The molecule has 0 bridgehead atoms. The number of benzene rings is 1. The second-order valence-corrected chi connectivity index (χ2v) is 5.84. The smallest absolute Gasteiger partial charge is 0.254 e. The number of amides is 1. The van der Waals surface area contributed by atoms with Gasteiger partial charge in [-0.15, -0.1) is 0 Å². The lowest BCUT2D eigenvalue weighted by Crippen LogP contribution is -2.29. The molecule has 0 aliphatic rings. The van der Waals surface area contributed by atoms with Crippen molar-refractivity contribution in [1.82, 2.24) is 4.90 Å². The fourth-order valence-corrected chi connectivity index (χ4v) is 2.92. The minimum Gasteiger partial charge on any atom is -0.467 e. The number of nitriles is 1. The van der Waals surface area contributed by atoms with Crippen molar-refractivity contribution in [3.05, 3.63) is 81.9 Å². The highest BCUT2D eigenvalue weighted by Gasteiger charge is 2.18. The van der Waals surface area contributed by atoms with Crippen LogP contribution in [0.4, 0.5) is 0 Å². The number of hydrogen-bond acceptors (Lipinski definition) is 4. The van der Waals surface area contributed by atoms with Crippen molar-refractivity contribution >= 4 is 17.2 Å². The van der Waals surface area contributed by atoms with Crippen LogP contribution >= 0.6 is 11.3 Å². The van der Waals surface area contributed by atoms with Gasteiger partial charge in [-0.1, -0.05) is 0 Å². The topological polar surface area (TPSA) is 57.2 Å². The van der Waals surface area contributed by atoms with Crippen molar-refractivity contribution in [2.75, 3.05) is 0 Å². The molecular formula is C18H14N2O2S. The van der Waals surface area contributed by atoms with E-state index in [1.807, 2.05) is 29.0 Å². The van der Waals surface area contributed by atoms with Crippen LogP contribution in [0.25, 0.3) is 0 Å². The zero-order valence-corrected chi connectivity index (χ0v) is 13.1. The first-order chi connectivity index (χ1) is 11.3. The van der Waals surface area contributed by atoms with E-state index in [4.69, 9.17) is 9.68 Å². The second-order valence-electron chi connectivity index (χ2n) is 5.06. The maximum atomic E-state index is 12.8. The average molecular weight is 322 g/mol. The first-order valence-corrected chi connectivity index (χ1v) is 8.03. The molecule has 114 valence electrons. The van der Waals surface area contributed by atoms with Gasteiger partial charge in [0, 0.05) is 12.1 Å². The van der Waals surface area contributed by atoms with Gasteiger partial charge in [-0.3, -0.25) is 4.79 Å². The Morgan fingerprint density at radius 3 is 2.61 bits per heavy atom. The van der Waals surface area contributed by atoms with E-state index in [1.165, 1.54) is 0 Å². The van der Waals surface area contributed by atoms with Crippen LogP contribution in [-0.4, -0.2) is 10.8 Å². The molecule has 0 N–H and O–H groups in total. The van der Waals surface area contributed by atoms with Gasteiger partial charge in [0.15, 0.2) is 0 Å². The first-order valence-electron chi connectivity index (χ1n) is 7.09. The second kappa shape index (κ2) is 6.95. The number of carbonyl (C=O) groups is 1. The Labute approximate surface area is 138 Å². The lowest BCUT2D eigenvalue weighted by atomic mass is 10.1. The Kier molecular flexibility index (Phi) is 4.55. The van der Waals surface area contributed by atoms with Gasteiger partial charge in [0.2, 0.25) is 0 Å². The summed E-state index contributed by atoms with van der Waals surface area (Å²) >= 11 is 1.60. The highest BCUT2D eigenvalue weighted by Crippen LogP contribution is 2.16. The molecule has 3 rings (SSSR count). The molecule has 1 aromatic carbocycles. The standard InChI is InChI=1S/C18H14N2O2S/c19-10-14-3-5-16(6-4-14)18(21)20(11-15-7-9-23-13-15)12-17-2-1-8-22-17/h1-9,13H,11-12H2. The van der Waals surface area contributed by atoms with Crippen molar-refractivity contribution < 1.29 is 9.21 Å².